The highest BCUT2D eigenvalue weighted by molar-refractivity contribution is 5.73. The molecule has 5 heteroatoms. The van der Waals surface area contributed by atoms with E-state index >= 15 is 0 Å². The Bertz CT molecular complexity index is 630. The van der Waals surface area contributed by atoms with E-state index in [4.69, 9.17) is 10.5 Å². The molecule has 2 aromatic carbocycles. The Balaban J connectivity index is 2.26. The molecule has 0 saturated carbocycles. The van der Waals surface area contributed by atoms with E-state index in [9.17, 15) is 8.78 Å². The van der Waals surface area contributed by atoms with E-state index in [0.717, 1.165) is 0 Å². The van der Waals surface area contributed by atoms with Crippen LogP contribution in [0.1, 0.15) is 12.5 Å². The molecule has 0 aliphatic rings. The van der Waals surface area contributed by atoms with Gasteiger partial charge < -0.3 is 15.8 Å². The topological polar surface area (TPSA) is 47.3 Å². The number of hydrogen-bond donors (Lipinski definition) is 2. The van der Waals surface area contributed by atoms with Crippen LogP contribution in [-0.2, 0) is 0 Å². The molecular formula is C15H16F2N2O. The van der Waals surface area contributed by atoms with Crippen LogP contribution in [0, 0.1) is 18.6 Å². The van der Waals surface area contributed by atoms with E-state index in [1.165, 1.54) is 18.2 Å². The van der Waals surface area contributed by atoms with Crippen LogP contribution in [0.2, 0.25) is 0 Å². The van der Waals surface area contributed by atoms with Gasteiger partial charge in [0, 0.05) is 11.8 Å². The molecule has 0 amide bonds. The first-order valence-corrected chi connectivity index (χ1v) is 6.26. The lowest BCUT2D eigenvalue weighted by Gasteiger charge is -2.12. The molecule has 0 heterocycles. The summed E-state index contributed by atoms with van der Waals surface area (Å²) in [6.07, 6.45) is 0. The maximum absolute atomic E-state index is 13.7. The molecule has 20 heavy (non-hydrogen) atoms. The van der Waals surface area contributed by atoms with E-state index < -0.39 is 5.82 Å². The Morgan fingerprint density at radius 2 is 1.90 bits per heavy atom. The summed E-state index contributed by atoms with van der Waals surface area (Å²) in [5, 5.41) is 2.96. The van der Waals surface area contributed by atoms with Crippen LogP contribution in [0.5, 0.6) is 5.75 Å². The number of benzene rings is 2. The molecule has 2 rings (SSSR count). The lowest BCUT2D eigenvalue weighted by Crippen LogP contribution is -2.00. The smallest absolute Gasteiger partial charge is 0.167 e. The second-order valence-electron chi connectivity index (χ2n) is 4.39. The van der Waals surface area contributed by atoms with Gasteiger partial charge in [0.1, 0.15) is 5.82 Å². The predicted octanol–water partition coefficient (Wildman–Crippen LogP) is 4.00. The van der Waals surface area contributed by atoms with Crippen molar-refractivity contribution < 1.29 is 13.5 Å². The van der Waals surface area contributed by atoms with Crippen molar-refractivity contribution in [1.82, 2.24) is 0 Å². The standard InChI is InChI=1S/C15H16F2N2O/c1-3-20-15-5-4-10(7-12(15)17)19-14-6-9(2)11(16)8-13(14)18/h4-8,19H,3,18H2,1-2H3. The minimum atomic E-state index is -0.464. The number of nitrogen functional groups attached to an aromatic ring is 1. The van der Waals surface area contributed by atoms with Gasteiger partial charge >= 0.3 is 0 Å². The first-order chi connectivity index (χ1) is 9.51. The van der Waals surface area contributed by atoms with Crippen molar-refractivity contribution in [2.45, 2.75) is 13.8 Å². The summed E-state index contributed by atoms with van der Waals surface area (Å²) in [6.45, 7) is 3.82. The summed E-state index contributed by atoms with van der Waals surface area (Å²) in [4.78, 5) is 0. The number of aryl methyl sites for hydroxylation is 1. The average molecular weight is 278 g/mol. The Labute approximate surface area is 116 Å². The van der Waals surface area contributed by atoms with Gasteiger partial charge in [-0.2, -0.15) is 0 Å². The van der Waals surface area contributed by atoms with Crippen molar-refractivity contribution in [1.29, 1.82) is 0 Å². The summed E-state index contributed by atoms with van der Waals surface area (Å²) in [5.41, 5.74) is 7.52. The fraction of sp³-hybridized carbons (Fsp3) is 0.200. The van der Waals surface area contributed by atoms with Gasteiger partial charge in [-0.05, 0) is 43.7 Å². The third kappa shape index (κ3) is 2.99. The zero-order valence-electron chi connectivity index (χ0n) is 11.3. The quantitative estimate of drug-likeness (QED) is 0.831. The predicted molar refractivity (Wildman–Crippen MR) is 76.4 cm³/mol. The number of nitrogens with two attached hydrogens (primary N) is 1. The third-order valence-electron chi connectivity index (χ3n) is 2.84. The average Bonchev–Trinajstić information content (AvgIpc) is 2.39. The molecule has 2 aromatic rings. The van der Waals surface area contributed by atoms with Gasteiger partial charge in [-0.15, -0.1) is 0 Å². The van der Waals surface area contributed by atoms with E-state index in [1.807, 2.05) is 0 Å². The summed E-state index contributed by atoms with van der Waals surface area (Å²) in [5.74, 6) is -0.638. The molecule has 0 aliphatic heterocycles. The maximum atomic E-state index is 13.7. The van der Waals surface area contributed by atoms with Crippen LogP contribution in [-0.4, -0.2) is 6.61 Å². The van der Waals surface area contributed by atoms with Crippen molar-refractivity contribution in [3.8, 4) is 5.75 Å². The fourth-order valence-electron chi connectivity index (χ4n) is 1.81. The number of hydrogen-bond acceptors (Lipinski definition) is 3. The number of nitrogens with one attached hydrogen (secondary N) is 1. The van der Waals surface area contributed by atoms with Gasteiger partial charge in [0.25, 0.3) is 0 Å². The van der Waals surface area contributed by atoms with E-state index in [-0.39, 0.29) is 17.3 Å². The highest BCUT2D eigenvalue weighted by Crippen LogP contribution is 2.28. The van der Waals surface area contributed by atoms with Crippen LogP contribution < -0.4 is 15.8 Å². The van der Waals surface area contributed by atoms with Gasteiger partial charge in [0.05, 0.1) is 18.0 Å². The Hall–Kier alpha value is -2.30. The minimum Gasteiger partial charge on any atom is -0.491 e. The van der Waals surface area contributed by atoms with Crippen LogP contribution in [0.15, 0.2) is 30.3 Å². The molecule has 0 unspecified atom stereocenters. The molecule has 0 saturated heterocycles. The summed E-state index contributed by atoms with van der Waals surface area (Å²) in [6, 6.07) is 7.34. The van der Waals surface area contributed by atoms with Crippen LogP contribution in [0.25, 0.3) is 0 Å². The molecule has 3 N–H and O–H groups in total. The molecule has 0 bridgehead atoms. The molecular weight excluding hydrogens is 262 g/mol. The van der Waals surface area contributed by atoms with Crippen molar-refractivity contribution in [2.24, 2.45) is 0 Å². The molecule has 0 spiro atoms. The number of rotatable bonds is 4. The number of ether oxygens (including phenoxy) is 1. The molecule has 0 aromatic heterocycles. The lowest BCUT2D eigenvalue weighted by atomic mass is 10.1. The lowest BCUT2D eigenvalue weighted by molar-refractivity contribution is 0.321. The van der Waals surface area contributed by atoms with Crippen molar-refractivity contribution >= 4 is 17.1 Å². The van der Waals surface area contributed by atoms with Crippen molar-refractivity contribution in [3.63, 3.8) is 0 Å². The van der Waals surface area contributed by atoms with Gasteiger partial charge in [0.15, 0.2) is 11.6 Å². The molecule has 3 nitrogen and oxygen atoms in total. The van der Waals surface area contributed by atoms with E-state index in [0.29, 0.717) is 23.5 Å². The molecule has 0 aliphatic carbocycles. The Morgan fingerprint density at radius 1 is 1.15 bits per heavy atom. The van der Waals surface area contributed by atoms with Gasteiger partial charge in [-0.1, -0.05) is 0 Å². The Morgan fingerprint density at radius 3 is 2.55 bits per heavy atom. The molecule has 0 fully saturated rings. The minimum absolute atomic E-state index is 0.196. The summed E-state index contributed by atoms with van der Waals surface area (Å²) < 4.78 is 32.2. The monoisotopic (exact) mass is 278 g/mol. The largest absolute Gasteiger partial charge is 0.491 e. The van der Waals surface area contributed by atoms with Gasteiger partial charge in [-0.25, -0.2) is 8.78 Å². The van der Waals surface area contributed by atoms with E-state index in [2.05, 4.69) is 5.32 Å². The second kappa shape index (κ2) is 5.77. The SMILES string of the molecule is CCOc1ccc(Nc2cc(C)c(F)cc2N)cc1F. The van der Waals surface area contributed by atoms with Gasteiger partial charge in [0.2, 0.25) is 0 Å². The molecule has 0 radical (unpaired) electrons. The fourth-order valence-corrected chi connectivity index (χ4v) is 1.81. The molecule has 0 atom stereocenters. The zero-order valence-corrected chi connectivity index (χ0v) is 11.3. The zero-order chi connectivity index (χ0) is 14.7. The van der Waals surface area contributed by atoms with E-state index in [1.54, 1.807) is 26.0 Å². The summed E-state index contributed by atoms with van der Waals surface area (Å²) in [7, 11) is 0. The first kappa shape index (κ1) is 14.1. The molecule has 106 valence electrons. The summed E-state index contributed by atoms with van der Waals surface area (Å²) >= 11 is 0. The van der Waals surface area contributed by atoms with Crippen molar-refractivity contribution in [3.05, 3.63) is 47.5 Å². The van der Waals surface area contributed by atoms with Crippen molar-refractivity contribution in [2.75, 3.05) is 17.7 Å². The van der Waals surface area contributed by atoms with Gasteiger partial charge in [-0.3, -0.25) is 0 Å². The highest BCUT2D eigenvalue weighted by Gasteiger charge is 2.08. The second-order valence-corrected chi connectivity index (χ2v) is 4.39. The number of halogens is 2. The normalized spacial score (nSPS) is 10.4. The van der Waals surface area contributed by atoms with Crippen LogP contribution in [0.3, 0.4) is 0 Å². The number of anilines is 3. The van der Waals surface area contributed by atoms with Crippen LogP contribution in [0.4, 0.5) is 25.8 Å². The highest BCUT2D eigenvalue weighted by atomic mass is 19.1. The Kier molecular flexibility index (Phi) is 4.08. The third-order valence-corrected chi connectivity index (χ3v) is 2.84. The van der Waals surface area contributed by atoms with Crippen LogP contribution >= 0.6 is 0 Å². The maximum Gasteiger partial charge on any atom is 0.167 e. The first-order valence-electron chi connectivity index (χ1n) is 6.26.